The SMILES string of the molecule is CC(C)[C@H](C(=O)OCC(=O)Nc1ccc(F)cc1)N1C(=O)c2ccccc2C1=O. The number of fused-ring (bicyclic) bond motifs is 1. The minimum absolute atomic E-state index is 0.227. The second-order valence-corrected chi connectivity index (χ2v) is 6.88. The van der Waals surface area contributed by atoms with Gasteiger partial charge in [-0.2, -0.15) is 0 Å². The molecule has 2 aromatic rings. The van der Waals surface area contributed by atoms with E-state index in [0.717, 1.165) is 4.90 Å². The summed E-state index contributed by atoms with van der Waals surface area (Å²) in [5, 5.41) is 2.46. The van der Waals surface area contributed by atoms with E-state index in [1.807, 2.05) is 0 Å². The number of benzene rings is 2. The molecule has 3 rings (SSSR count). The highest BCUT2D eigenvalue weighted by molar-refractivity contribution is 6.22. The maximum Gasteiger partial charge on any atom is 0.330 e. The van der Waals surface area contributed by atoms with E-state index in [2.05, 4.69) is 5.32 Å². The third-order valence-electron chi connectivity index (χ3n) is 4.45. The van der Waals surface area contributed by atoms with Gasteiger partial charge in [0.1, 0.15) is 11.9 Å². The number of imide groups is 1. The van der Waals surface area contributed by atoms with Gasteiger partial charge in [0.05, 0.1) is 11.1 Å². The molecule has 0 spiro atoms. The van der Waals surface area contributed by atoms with Crippen molar-refractivity contribution in [1.29, 1.82) is 0 Å². The fraction of sp³-hybridized carbons (Fsp3) is 0.238. The number of nitrogens with one attached hydrogen (secondary N) is 1. The predicted molar refractivity (Wildman–Crippen MR) is 102 cm³/mol. The van der Waals surface area contributed by atoms with Crippen molar-refractivity contribution < 1.29 is 28.3 Å². The Bertz CT molecular complexity index is 936. The number of hydrogen-bond acceptors (Lipinski definition) is 5. The maximum atomic E-state index is 12.9. The smallest absolute Gasteiger partial charge is 0.330 e. The Morgan fingerprint density at radius 1 is 1.00 bits per heavy atom. The average Bonchev–Trinajstić information content (AvgIpc) is 2.94. The van der Waals surface area contributed by atoms with Gasteiger partial charge in [0.25, 0.3) is 17.7 Å². The standard InChI is InChI=1S/C21H19FN2O5/c1-12(2)18(24-19(26)15-5-3-4-6-16(15)20(24)27)21(28)29-11-17(25)23-14-9-7-13(22)8-10-14/h3-10,12,18H,11H2,1-2H3,(H,23,25)/t18-/m1/s1. The Hall–Kier alpha value is -3.55. The molecule has 2 aromatic carbocycles. The van der Waals surface area contributed by atoms with E-state index in [-0.39, 0.29) is 11.1 Å². The van der Waals surface area contributed by atoms with Gasteiger partial charge in [-0.05, 0) is 42.3 Å². The number of ether oxygens (including phenoxy) is 1. The molecule has 0 saturated carbocycles. The predicted octanol–water partition coefficient (Wildman–Crippen LogP) is 2.63. The summed E-state index contributed by atoms with van der Waals surface area (Å²) in [4.78, 5) is 50.8. The molecule has 0 unspecified atom stereocenters. The Balaban J connectivity index is 1.67. The minimum atomic E-state index is -1.17. The molecule has 0 bridgehead atoms. The third kappa shape index (κ3) is 4.16. The summed E-state index contributed by atoms with van der Waals surface area (Å²) in [5.41, 5.74) is 0.795. The highest BCUT2D eigenvalue weighted by Gasteiger charge is 2.44. The first kappa shape index (κ1) is 20.2. The van der Waals surface area contributed by atoms with Crippen molar-refractivity contribution in [3.63, 3.8) is 0 Å². The Morgan fingerprint density at radius 2 is 1.55 bits per heavy atom. The number of rotatable bonds is 6. The van der Waals surface area contributed by atoms with Crippen molar-refractivity contribution >= 4 is 29.4 Å². The Morgan fingerprint density at radius 3 is 2.07 bits per heavy atom. The van der Waals surface area contributed by atoms with Crippen LogP contribution in [0.5, 0.6) is 0 Å². The quantitative estimate of drug-likeness (QED) is 0.597. The molecule has 150 valence electrons. The molecule has 3 amide bonds. The van der Waals surface area contributed by atoms with Gasteiger partial charge >= 0.3 is 5.97 Å². The van der Waals surface area contributed by atoms with E-state index in [9.17, 15) is 23.6 Å². The van der Waals surface area contributed by atoms with Crippen molar-refractivity contribution in [3.8, 4) is 0 Å². The van der Waals surface area contributed by atoms with Crippen molar-refractivity contribution in [3.05, 3.63) is 65.5 Å². The molecule has 1 aliphatic rings. The largest absolute Gasteiger partial charge is 0.454 e. The maximum absolute atomic E-state index is 12.9. The van der Waals surface area contributed by atoms with Crippen LogP contribution in [-0.2, 0) is 14.3 Å². The van der Waals surface area contributed by atoms with Gasteiger partial charge < -0.3 is 10.1 Å². The van der Waals surface area contributed by atoms with Crippen LogP contribution in [-0.4, -0.2) is 41.2 Å². The number of carbonyl (C=O) groups is 4. The molecule has 29 heavy (non-hydrogen) atoms. The summed E-state index contributed by atoms with van der Waals surface area (Å²) in [6, 6.07) is 10.2. The van der Waals surface area contributed by atoms with Crippen LogP contribution >= 0.6 is 0 Å². The number of halogens is 1. The Kier molecular flexibility index (Phi) is 5.72. The van der Waals surface area contributed by atoms with Crippen molar-refractivity contribution in [1.82, 2.24) is 4.90 Å². The molecule has 1 heterocycles. The van der Waals surface area contributed by atoms with Crippen LogP contribution in [0.3, 0.4) is 0 Å². The monoisotopic (exact) mass is 398 g/mol. The fourth-order valence-electron chi connectivity index (χ4n) is 3.09. The van der Waals surface area contributed by atoms with Crippen LogP contribution in [0, 0.1) is 11.7 Å². The van der Waals surface area contributed by atoms with Gasteiger partial charge in [-0.1, -0.05) is 26.0 Å². The molecule has 0 aliphatic carbocycles. The van der Waals surface area contributed by atoms with E-state index < -0.39 is 48.1 Å². The van der Waals surface area contributed by atoms with Crippen molar-refractivity contribution in [2.75, 3.05) is 11.9 Å². The van der Waals surface area contributed by atoms with Crippen molar-refractivity contribution in [2.45, 2.75) is 19.9 Å². The highest BCUT2D eigenvalue weighted by atomic mass is 19.1. The molecule has 7 nitrogen and oxygen atoms in total. The summed E-state index contributed by atoms with van der Waals surface area (Å²) in [6.07, 6.45) is 0. The summed E-state index contributed by atoms with van der Waals surface area (Å²) < 4.78 is 18.0. The van der Waals surface area contributed by atoms with Crippen LogP contribution in [0.4, 0.5) is 10.1 Å². The van der Waals surface area contributed by atoms with Gasteiger partial charge in [0.15, 0.2) is 6.61 Å². The topological polar surface area (TPSA) is 92.8 Å². The molecule has 0 saturated heterocycles. The van der Waals surface area contributed by atoms with E-state index in [4.69, 9.17) is 4.74 Å². The first-order valence-corrected chi connectivity index (χ1v) is 8.98. The first-order valence-electron chi connectivity index (χ1n) is 8.98. The van der Waals surface area contributed by atoms with Gasteiger partial charge in [-0.25, -0.2) is 9.18 Å². The minimum Gasteiger partial charge on any atom is -0.454 e. The second-order valence-electron chi connectivity index (χ2n) is 6.88. The van der Waals surface area contributed by atoms with Crippen LogP contribution in [0.15, 0.2) is 48.5 Å². The lowest BCUT2D eigenvalue weighted by molar-refractivity contribution is -0.152. The van der Waals surface area contributed by atoms with Crippen LogP contribution in [0.2, 0.25) is 0 Å². The van der Waals surface area contributed by atoms with E-state index in [1.165, 1.54) is 36.4 Å². The molecule has 0 aromatic heterocycles. The van der Waals surface area contributed by atoms with Gasteiger partial charge in [-0.15, -0.1) is 0 Å². The van der Waals surface area contributed by atoms with Gasteiger partial charge in [-0.3, -0.25) is 19.3 Å². The van der Waals surface area contributed by atoms with Crippen LogP contribution in [0.25, 0.3) is 0 Å². The zero-order chi connectivity index (χ0) is 21.1. The lowest BCUT2D eigenvalue weighted by Crippen LogP contribution is -2.49. The van der Waals surface area contributed by atoms with Gasteiger partial charge in [0.2, 0.25) is 0 Å². The summed E-state index contributed by atoms with van der Waals surface area (Å²) in [7, 11) is 0. The number of esters is 1. The first-order chi connectivity index (χ1) is 13.8. The van der Waals surface area contributed by atoms with Crippen LogP contribution < -0.4 is 5.32 Å². The third-order valence-corrected chi connectivity index (χ3v) is 4.45. The molecule has 1 atom stereocenters. The molecule has 0 radical (unpaired) electrons. The molecule has 1 aliphatic heterocycles. The number of amides is 3. The molecule has 1 N–H and O–H groups in total. The average molecular weight is 398 g/mol. The van der Waals surface area contributed by atoms with E-state index in [1.54, 1.807) is 26.0 Å². The number of nitrogens with zero attached hydrogens (tertiary/aromatic N) is 1. The van der Waals surface area contributed by atoms with E-state index >= 15 is 0 Å². The van der Waals surface area contributed by atoms with Crippen LogP contribution in [0.1, 0.15) is 34.6 Å². The van der Waals surface area contributed by atoms with Gasteiger partial charge in [0, 0.05) is 5.69 Å². The lowest BCUT2D eigenvalue weighted by atomic mass is 10.0. The van der Waals surface area contributed by atoms with E-state index in [0.29, 0.717) is 5.69 Å². The molecular formula is C21H19FN2O5. The fourth-order valence-corrected chi connectivity index (χ4v) is 3.09. The second kappa shape index (κ2) is 8.22. The normalized spacial score (nSPS) is 14.0. The molecule has 8 heteroatoms. The number of anilines is 1. The highest BCUT2D eigenvalue weighted by Crippen LogP contribution is 2.27. The summed E-state index contributed by atoms with van der Waals surface area (Å²) >= 11 is 0. The van der Waals surface area contributed by atoms with Crippen molar-refractivity contribution in [2.24, 2.45) is 5.92 Å². The Labute approximate surface area is 166 Å². The summed E-state index contributed by atoms with van der Waals surface area (Å²) in [5.74, 6) is -3.51. The zero-order valence-electron chi connectivity index (χ0n) is 15.8. The molecular weight excluding hydrogens is 379 g/mol. The zero-order valence-corrected chi connectivity index (χ0v) is 15.8. The summed E-state index contributed by atoms with van der Waals surface area (Å²) in [6.45, 7) is 2.74. The lowest BCUT2D eigenvalue weighted by Gasteiger charge is -2.27. The molecule has 0 fully saturated rings. The number of hydrogen-bond donors (Lipinski definition) is 1. The number of carbonyl (C=O) groups excluding carboxylic acids is 4.